The number of carbonyl (C=O) groups is 2. The summed E-state index contributed by atoms with van der Waals surface area (Å²) in [5.74, 6) is 0.754. The second kappa shape index (κ2) is 8.86. The molecule has 0 saturated heterocycles. The Morgan fingerprint density at radius 2 is 2.14 bits per heavy atom. The predicted molar refractivity (Wildman–Crippen MR) is 94.8 cm³/mol. The van der Waals surface area contributed by atoms with Gasteiger partial charge >= 0.3 is 0 Å². The molecule has 0 radical (unpaired) electrons. The molecule has 0 spiro atoms. The van der Waals surface area contributed by atoms with Gasteiger partial charge in [0.05, 0.1) is 16.5 Å². The van der Waals surface area contributed by atoms with Crippen LogP contribution in [-0.2, 0) is 4.79 Å². The fourth-order valence-corrected chi connectivity index (χ4v) is 2.32. The van der Waals surface area contributed by atoms with Gasteiger partial charge in [0.25, 0.3) is 5.91 Å². The third-order valence-electron chi connectivity index (χ3n) is 3.05. The molecule has 0 aliphatic heterocycles. The van der Waals surface area contributed by atoms with Crippen LogP contribution in [-0.4, -0.2) is 41.3 Å². The maximum absolute atomic E-state index is 12.3. The summed E-state index contributed by atoms with van der Waals surface area (Å²) in [6.07, 6.45) is 1.74. The second-order valence-electron chi connectivity index (χ2n) is 5.06. The number of hydrogen-bond acceptors (Lipinski definition) is 3. The first-order valence-electron chi connectivity index (χ1n) is 6.92. The number of nitrogens with one attached hydrogen (secondary N) is 1. The lowest BCUT2D eigenvalue weighted by Gasteiger charge is -2.22. The Kier molecular flexibility index (Phi) is 7.48. The Morgan fingerprint density at radius 1 is 1.45 bits per heavy atom. The quantitative estimate of drug-likeness (QED) is 0.608. The Bertz CT molecular complexity index is 561. The fraction of sp³-hybridized carbons (Fsp3) is 0.375. The van der Waals surface area contributed by atoms with Crippen LogP contribution in [0.4, 0.5) is 5.69 Å². The summed E-state index contributed by atoms with van der Waals surface area (Å²) in [7, 11) is 1.74. The van der Waals surface area contributed by atoms with Crippen LogP contribution in [0.25, 0.3) is 0 Å². The first kappa shape index (κ1) is 18.6. The SMILES string of the molecule is C=CCSCC(=O)Nc1cc(C(=O)N(C)C(C)C)ccc1Cl. The van der Waals surface area contributed by atoms with E-state index in [1.807, 2.05) is 13.8 Å². The van der Waals surface area contributed by atoms with Crippen LogP contribution in [0, 0.1) is 0 Å². The molecule has 0 saturated carbocycles. The Balaban J connectivity index is 2.84. The van der Waals surface area contributed by atoms with Crippen molar-refractivity contribution in [1.29, 1.82) is 0 Å². The average Bonchev–Trinajstić information content (AvgIpc) is 2.48. The fourth-order valence-electron chi connectivity index (χ4n) is 1.61. The molecule has 0 aliphatic rings. The number of rotatable bonds is 7. The monoisotopic (exact) mass is 340 g/mol. The van der Waals surface area contributed by atoms with Crippen molar-refractivity contribution in [3.8, 4) is 0 Å². The summed E-state index contributed by atoms with van der Waals surface area (Å²) in [5, 5.41) is 3.14. The Morgan fingerprint density at radius 3 is 2.73 bits per heavy atom. The van der Waals surface area contributed by atoms with Crippen LogP contribution in [0.1, 0.15) is 24.2 Å². The van der Waals surface area contributed by atoms with Crippen molar-refractivity contribution in [3.63, 3.8) is 0 Å². The van der Waals surface area contributed by atoms with E-state index < -0.39 is 0 Å². The second-order valence-corrected chi connectivity index (χ2v) is 6.49. The molecule has 1 N–H and O–H groups in total. The van der Waals surface area contributed by atoms with Gasteiger partial charge in [-0.05, 0) is 32.0 Å². The molecule has 0 fully saturated rings. The van der Waals surface area contributed by atoms with Gasteiger partial charge in [0.1, 0.15) is 0 Å². The molecule has 0 unspecified atom stereocenters. The Hall–Kier alpha value is -1.46. The number of anilines is 1. The summed E-state index contributed by atoms with van der Waals surface area (Å²) in [6.45, 7) is 7.48. The largest absolute Gasteiger partial charge is 0.339 e. The molecule has 22 heavy (non-hydrogen) atoms. The molecule has 4 nitrogen and oxygen atoms in total. The van der Waals surface area contributed by atoms with Crippen LogP contribution < -0.4 is 5.32 Å². The molecule has 1 aromatic carbocycles. The number of benzene rings is 1. The molecule has 6 heteroatoms. The van der Waals surface area contributed by atoms with Gasteiger partial charge < -0.3 is 10.2 Å². The minimum absolute atomic E-state index is 0.0940. The molecule has 1 rings (SSSR count). The molecular formula is C16H21ClN2O2S. The third-order valence-corrected chi connectivity index (χ3v) is 4.32. The zero-order valence-electron chi connectivity index (χ0n) is 13.1. The molecule has 0 atom stereocenters. The van der Waals surface area contributed by atoms with E-state index in [9.17, 15) is 9.59 Å². The van der Waals surface area contributed by atoms with E-state index in [1.165, 1.54) is 11.8 Å². The molecule has 0 bridgehead atoms. The molecule has 2 amide bonds. The highest BCUT2D eigenvalue weighted by Gasteiger charge is 2.16. The highest BCUT2D eigenvalue weighted by molar-refractivity contribution is 8.00. The number of amides is 2. The summed E-state index contributed by atoms with van der Waals surface area (Å²) in [6, 6.07) is 4.98. The summed E-state index contributed by atoms with van der Waals surface area (Å²) in [5.41, 5.74) is 0.948. The lowest BCUT2D eigenvalue weighted by atomic mass is 10.1. The van der Waals surface area contributed by atoms with Gasteiger partial charge in [-0.15, -0.1) is 18.3 Å². The summed E-state index contributed by atoms with van der Waals surface area (Å²) < 4.78 is 0. The van der Waals surface area contributed by atoms with E-state index in [1.54, 1.807) is 36.2 Å². The first-order chi connectivity index (χ1) is 10.4. The van der Waals surface area contributed by atoms with Gasteiger partial charge in [-0.25, -0.2) is 0 Å². The standard InChI is InChI=1S/C16H21ClN2O2S/c1-5-8-22-10-15(20)18-14-9-12(6-7-13(14)17)16(21)19(4)11(2)3/h5-7,9,11H,1,8,10H2,2-4H3,(H,18,20). The lowest BCUT2D eigenvalue weighted by molar-refractivity contribution is -0.113. The zero-order chi connectivity index (χ0) is 16.7. The molecule has 0 heterocycles. The van der Waals surface area contributed by atoms with Crippen LogP contribution in [0.2, 0.25) is 5.02 Å². The minimum atomic E-state index is -0.157. The first-order valence-corrected chi connectivity index (χ1v) is 8.45. The maximum atomic E-state index is 12.3. The van der Waals surface area contributed by atoms with E-state index in [0.717, 1.165) is 0 Å². The summed E-state index contributed by atoms with van der Waals surface area (Å²) in [4.78, 5) is 25.8. The average molecular weight is 341 g/mol. The number of thioether (sulfide) groups is 1. The smallest absolute Gasteiger partial charge is 0.253 e. The van der Waals surface area contributed by atoms with Gasteiger partial charge in [0.15, 0.2) is 0 Å². The van der Waals surface area contributed by atoms with Gasteiger partial charge in [-0.1, -0.05) is 17.7 Å². The maximum Gasteiger partial charge on any atom is 0.253 e. The highest BCUT2D eigenvalue weighted by Crippen LogP contribution is 2.24. The molecular weight excluding hydrogens is 320 g/mol. The van der Waals surface area contributed by atoms with Crippen molar-refractivity contribution >= 4 is 40.9 Å². The molecule has 1 aromatic rings. The Labute approximate surface area is 140 Å². The molecule has 0 aromatic heterocycles. The van der Waals surface area contributed by atoms with E-state index >= 15 is 0 Å². The lowest BCUT2D eigenvalue weighted by Crippen LogP contribution is -2.33. The van der Waals surface area contributed by atoms with Gasteiger partial charge in [0.2, 0.25) is 5.91 Å². The predicted octanol–water partition coefficient (Wildman–Crippen LogP) is 3.68. The van der Waals surface area contributed by atoms with Gasteiger partial charge in [0, 0.05) is 24.4 Å². The van der Waals surface area contributed by atoms with E-state index in [-0.39, 0.29) is 17.9 Å². The number of halogens is 1. The van der Waals surface area contributed by atoms with Gasteiger partial charge in [-0.2, -0.15) is 0 Å². The van der Waals surface area contributed by atoms with E-state index in [4.69, 9.17) is 11.6 Å². The van der Waals surface area contributed by atoms with Crippen molar-refractivity contribution in [3.05, 3.63) is 41.4 Å². The third kappa shape index (κ3) is 5.39. The number of nitrogens with zero attached hydrogens (tertiary/aromatic N) is 1. The number of carbonyl (C=O) groups excluding carboxylic acids is 2. The van der Waals surface area contributed by atoms with Crippen molar-refractivity contribution in [1.82, 2.24) is 4.90 Å². The van der Waals surface area contributed by atoms with Crippen LogP contribution >= 0.6 is 23.4 Å². The van der Waals surface area contributed by atoms with Crippen molar-refractivity contribution < 1.29 is 9.59 Å². The van der Waals surface area contributed by atoms with Crippen LogP contribution in [0.15, 0.2) is 30.9 Å². The van der Waals surface area contributed by atoms with Crippen molar-refractivity contribution in [2.24, 2.45) is 0 Å². The normalized spacial score (nSPS) is 10.4. The summed E-state index contributed by atoms with van der Waals surface area (Å²) >= 11 is 7.54. The van der Waals surface area contributed by atoms with Gasteiger partial charge in [-0.3, -0.25) is 9.59 Å². The molecule has 120 valence electrons. The zero-order valence-corrected chi connectivity index (χ0v) is 14.6. The molecule has 0 aliphatic carbocycles. The topological polar surface area (TPSA) is 49.4 Å². The van der Waals surface area contributed by atoms with Crippen molar-refractivity contribution in [2.75, 3.05) is 23.9 Å². The number of hydrogen-bond donors (Lipinski definition) is 1. The van der Waals surface area contributed by atoms with Crippen LogP contribution in [0.3, 0.4) is 0 Å². The van der Waals surface area contributed by atoms with Crippen molar-refractivity contribution in [2.45, 2.75) is 19.9 Å². The van der Waals surface area contributed by atoms with Crippen LogP contribution in [0.5, 0.6) is 0 Å². The highest BCUT2D eigenvalue weighted by atomic mass is 35.5. The van der Waals surface area contributed by atoms with E-state index in [2.05, 4.69) is 11.9 Å². The minimum Gasteiger partial charge on any atom is -0.339 e. The van der Waals surface area contributed by atoms with E-state index in [0.29, 0.717) is 27.8 Å².